The van der Waals surface area contributed by atoms with Gasteiger partial charge in [-0.25, -0.2) is 9.37 Å². The summed E-state index contributed by atoms with van der Waals surface area (Å²) in [6.07, 6.45) is 3.79. The molecule has 0 radical (unpaired) electrons. The average Bonchev–Trinajstić information content (AvgIpc) is 2.80. The summed E-state index contributed by atoms with van der Waals surface area (Å²) in [5, 5.41) is 6.90. The number of piperidine rings is 1. The number of rotatable bonds is 7. The first-order valence-electron chi connectivity index (χ1n) is 10.4. The lowest BCUT2D eigenvalue weighted by Gasteiger charge is -2.21. The molecule has 5 nitrogen and oxygen atoms in total. The normalized spacial score (nSPS) is 16.1. The van der Waals surface area contributed by atoms with E-state index in [-0.39, 0.29) is 23.9 Å². The van der Waals surface area contributed by atoms with Crippen LogP contribution in [0.1, 0.15) is 24.1 Å². The number of halogens is 2. The number of Topliss-reactive ketones (excluding diaryl/α,β-unsaturated/α-hetero) is 1. The van der Waals surface area contributed by atoms with Crippen molar-refractivity contribution in [2.45, 2.75) is 25.8 Å². The Bertz CT molecular complexity index is 1070. The first-order chi connectivity index (χ1) is 15.1. The number of nitrogens with one attached hydrogen (secondary N) is 2. The zero-order chi connectivity index (χ0) is 21.6. The molecule has 1 fully saturated rings. The van der Waals surface area contributed by atoms with Gasteiger partial charge in [-0.05, 0) is 43.7 Å². The molecule has 1 aliphatic heterocycles. The van der Waals surface area contributed by atoms with Crippen molar-refractivity contribution < 1.29 is 9.18 Å². The lowest BCUT2D eigenvalue weighted by Crippen LogP contribution is -2.35. The number of pyridine rings is 2. The highest BCUT2D eigenvalue weighted by molar-refractivity contribution is 6.33. The van der Waals surface area contributed by atoms with E-state index in [9.17, 15) is 9.18 Å². The SMILES string of the molecule is O=C(Cc1cc(-c2cccc(NCc3ccccc3F)n2)c(Cl)cn1)[C@@H]1CCCNC1. The standard InChI is InChI=1S/C24H24ClFN4O/c25-20-15-28-18(12-23(31)17-6-4-10-27-13-17)11-19(20)22-8-3-9-24(30-22)29-14-16-5-1-2-7-21(16)26/h1-3,5,7-9,11,15,17,27H,4,6,10,12-14H2,(H,29,30)/t17-/m1/s1. The minimum absolute atomic E-state index is 0.0405. The lowest BCUT2D eigenvalue weighted by atomic mass is 9.92. The number of benzene rings is 1. The van der Waals surface area contributed by atoms with Gasteiger partial charge in [-0.3, -0.25) is 9.78 Å². The first kappa shape index (κ1) is 21.4. The maximum Gasteiger partial charge on any atom is 0.143 e. The molecule has 4 rings (SSSR count). The highest BCUT2D eigenvalue weighted by Gasteiger charge is 2.21. The van der Waals surface area contributed by atoms with Crippen molar-refractivity contribution in [3.05, 3.63) is 76.8 Å². The number of ketones is 1. The van der Waals surface area contributed by atoms with Crippen LogP contribution in [0.3, 0.4) is 0 Å². The van der Waals surface area contributed by atoms with Crippen LogP contribution in [-0.2, 0) is 17.8 Å². The molecule has 0 aliphatic carbocycles. The molecule has 1 atom stereocenters. The van der Waals surface area contributed by atoms with Crippen molar-refractivity contribution in [2.24, 2.45) is 5.92 Å². The third-order valence-corrected chi connectivity index (χ3v) is 5.76. The topological polar surface area (TPSA) is 66.9 Å². The van der Waals surface area contributed by atoms with Gasteiger partial charge in [0.1, 0.15) is 17.4 Å². The summed E-state index contributed by atoms with van der Waals surface area (Å²) in [4.78, 5) is 21.6. The molecule has 1 aliphatic rings. The first-order valence-corrected chi connectivity index (χ1v) is 10.8. The van der Waals surface area contributed by atoms with Crippen LogP contribution < -0.4 is 10.6 Å². The van der Waals surface area contributed by atoms with Crippen molar-refractivity contribution in [3.63, 3.8) is 0 Å². The molecule has 160 valence electrons. The molecule has 7 heteroatoms. The Morgan fingerprint density at radius 2 is 2.10 bits per heavy atom. The molecule has 31 heavy (non-hydrogen) atoms. The van der Waals surface area contributed by atoms with Gasteiger partial charge in [-0.15, -0.1) is 0 Å². The van der Waals surface area contributed by atoms with E-state index in [1.165, 1.54) is 6.07 Å². The molecule has 3 aromatic rings. The van der Waals surface area contributed by atoms with Gasteiger partial charge in [-0.2, -0.15) is 0 Å². The van der Waals surface area contributed by atoms with Gasteiger partial charge in [0.15, 0.2) is 0 Å². The second kappa shape index (κ2) is 9.98. The van der Waals surface area contributed by atoms with Crippen molar-refractivity contribution in [3.8, 4) is 11.3 Å². The Morgan fingerprint density at radius 1 is 1.23 bits per heavy atom. The largest absolute Gasteiger partial charge is 0.366 e. The minimum Gasteiger partial charge on any atom is -0.366 e. The van der Waals surface area contributed by atoms with Crippen molar-refractivity contribution in [1.82, 2.24) is 15.3 Å². The van der Waals surface area contributed by atoms with Crippen LogP contribution in [0.5, 0.6) is 0 Å². The molecule has 1 saturated heterocycles. The van der Waals surface area contributed by atoms with E-state index in [1.807, 2.05) is 24.3 Å². The number of carbonyl (C=O) groups is 1. The molecule has 0 bridgehead atoms. The van der Waals surface area contributed by atoms with E-state index < -0.39 is 0 Å². The van der Waals surface area contributed by atoms with Crippen LogP contribution >= 0.6 is 11.6 Å². The second-order valence-electron chi connectivity index (χ2n) is 7.69. The number of carbonyl (C=O) groups excluding carboxylic acids is 1. The number of nitrogens with zero attached hydrogens (tertiary/aromatic N) is 2. The molecule has 2 N–H and O–H groups in total. The molecule has 2 aromatic heterocycles. The van der Waals surface area contributed by atoms with Crippen molar-refractivity contribution >= 4 is 23.2 Å². The Labute approximate surface area is 186 Å². The highest BCUT2D eigenvalue weighted by Crippen LogP contribution is 2.28. The Morgan fingerprint density at radius 3 is 2.90 bits per heavy atom. The van der Waals surface area contributed by atoms with Crippen LogP contribution in [0.4, 0.5) is 10.2 Å². The van der Waals surface area contributed by atoms with E-state index in [4.69, 9.17) is 11.6 Å². The van der Waals surface area contributed by atoms with Gasteiger partial charge in [-0.1, -0.05) is 35.9 Å². The molecular formula is C24H24ClFN4O. The van der Waals surface area contributed by atoms with E-state index in [0.717, 1.165) is 31.5 Å². The summed E-state index contributed by atoms with van der Waals surface area (Å²) < 4.78 is 13.9. The zero-order valence-corrected chi connectivity index (χ0v) is 17.8. The van der Waals surface area contributed by atoms with Gasteiger partial charge in [0, 0.05) is 48.4 Å². The minimum atomic E-state index is -0.259. The van der Waals surface area contributed by atoms with E-state index in [2.05, 4.69) is 20.6 Å². The predicted molar refractivity (Wildman–Crippen MR) is 121 cm³/mol. The van der Waals surface area contributed by atoms with Crippen LogP contribution in [0.25, 0.3) is 11.3 Å². The van der Waals surface area contributed by atoms with E-state index in [1.54, 1.807) is 24.4 Å². The molecule has 3 heterocycles. The maximum absolute atomic E-state index is 13.9. The average molecular weight is 439 g/mol. The van der Waals surface area contributed by atoms with Crippen LogP contribution in [0.2, 0.25) is 5.02 Å². The maximum atomic E-state index is 13.9. The van der Waals surface area contributed by atoms with E-state index in [0.29, 0.717) is 34.3 Å². The molecular weight excluding hydrogens is 415 g/mol. The van der Waals surface area contributed by atoms with Crippen molar-refractivity contribution in [1.29, 1.82) is 0 Å². The molecule has 0 unspecified atom stereocenters. The summed E-state index contributed by atoms with van der Waals surface area (Å²) in [5.41, 5.74) is 2.63. The van der Waals surface area contributed by atoms with Crippen molar-refractivity contribution in [2.75, 3.05) is 18.4 Å². The number of hydrogen-bond acceptors (Lipinski definition) is 5. The number of hydrogen-bond donors (Lipinski definition) is 2. The monoisotopic (exact) mass is 438 g/mol. The Kier molecular flexibility index (Phi) is 6.89. The molecule has 0 saturated carbocycles. The smallest absolute Gasteiger partial charge is 0.143 e. The quantitative estimate of drug-likeness (QED) is 0.561. The zero-order valence-electron chi connectivity index (χ0n) is 17.1. The van der Waals surface area contributed by atoms with E-state index >= 15 is 0 Å². The van der Waals surface area contributed by atoms with Crippen LogP contribution in [0, 0.1) is 11.7 Å². The van der Waals surface area contributed by atoms with Crippen LogP contribution in [0.15, 0.2) is 54.7 Å². The fraction of sp³-hybridized carbons (Fsp3) is 0.292. The predicted octanol–water partition coefficient (Wildman–Crippen LogP) is 4.66. The summed E-state index contributed by atoms with van der Waals surface area (Å²) in [7, 11) is 0. The summed E-state index contributed by atoms with van der Waals surface area (Å²) in [6.45, 7) is 2.03. The van der Waals surface area contributed by atoms with Gasteiger partial charge in [0.25, 0.3) is 0 Å². The third kappa shape index (κ3) is 5.46. The highest BCUT2D eigenvalue weighted by atomic mass is 35.5. The lowest BCUT2D eigenvalue weighted by molar-refractivity contribution is -0.122. The van der Waals surface area contributed by atoms with Gasteiger partial charge >= 0.3 is 0 Å². The summed E-state index contributed by atoms with van der Waals surface area (Å²) in [5.74, 6) is 0.588. The Hall–Kier alpha value is -2.83. The van der Waals surface area contributed by atoms with Gasteiger partial charge in [0.2, 0.25) is 0 Å². The summed E-state index contributed by atoms with van der Waals surface area (Å²) >= 11 is 6.39. The van der Waals surface area contributed by atoms with Gasteiger partial charge < -0.3 is 10.6 Å². The van der Waals surface area contributed by atoms with Crippen LogP contribution in [-0.4, -0.2) is 28.8 Å². The summed E-state index contributed by atoms with van der Waals surface area (Å²) in [6, 6.07) is 14.0. The second-order valence-corrected chi connectivity index (χ2v) is 8.10. The number of anilines is 1. The molecule has 1 aromatic carbocycles. The fourth-order valence-electron chi connectivity index (χ4n) is 3.74. The Balaban J connectivity index is 1.49. The van der Waals surface area contributed by atoms with Gasteiger partial charge in [0.05, 0.1) is 10.7 Å². The third-order valence-electron chi connectivity index (χ3n) is 5.46. The fourth-order valence-corrected chi connectivity index (χ4v) is 3.94. The number of aromatic nitrogens is 2. The molecule has 0 spiro atoms. The molecule has 0 amide bonds.